The summed E-state index contributed by atoms with van der Waals surface area (Å²) in [5, 5.41) is 17.7. The summed E-state index contributed by atoms with van der Waals surface area (Å²) in [6.45, 7) is 38.3. The minimum atomic E-state index is -0.670. The molecular weight excluding hydrogens is 1450 g/mol. The van der Waals surface area contributed by atoms with Crippen molar-refractivity contribution in [1.82, 2.24) is 19.6 Å². The second-order valence-corrected chi connectivity index (χ2v) is 32.8. The number of unbranched alkanes of at least 4 members (excludes halogenated alkanes) is 32. The number of carbonyl (C=O) groups is 6. The second kappa shape index (κ2) is 92.5. The molecule has 0 amide bonds. The molecule has 19 heteroatoms. The number of aliphatic hydroxyl groups is 1. The van der Waals surface area contributed by atoms with Crippen LogP contribution in [0.3, 0.4) is 0 Å². The summed E-state index contributed by atoms with van der Waals surface area (Å²) >= 11 is 0. The van der Waals surface area contributed by atoms with E-state index in [1.165, 1.54) is 167 Å². The van der Waals surface area contributed by atoms with Crippen molar-refractivity contribution in [2.24, 2.45) is 11.8 Å². The molecule has 0 heterocycles. The van der Waals surface area contributed by atoms with Gasteiger partial charge in [-0.15, -0.1) is 0 Å². The Balaban J connectivity index is -0.00000196. The quantitative estimate of drug-likeness (QED) is 0.0328. The third kappa shape index (κ3) is 85.0. The molecule has 2 atom stereocenters. The molecule has 0 aromatic heterocycles. The molecule has 2 unspecified atom stereocenters. The molecule has 0 aliphatic carbocycles. The SMILES string of the molecule is CCCCCCC(CCCCCCCCC(=O)OCCC(CCCCC)CCCCC)OC(=O)OCCN(CCO)CCN(CC)CC.CCCCCCCC(=O)O.CCCCCCCC(=O)OCCN(CCOC(=O)OC(CCCCCC)CCCCCCCCC(=O)OCCC(CCCCC)CCCCC)CCN(CC)CC. The van der Waals surface area contributed by atoms with Crippen LogP contribution in [-0.2, 0) is 52.3 Å². The number of nitrogens with zero attached hydrogens (tertiary/aromatic N) is 4. The van der Waals surface area contributed by atoms with E-state index in [4.69, 9.17) is 38.3 Å². The maximum absolute atomic E-state index is 12.8. The molecule has 0 aliphatic rings. The molecule has 684 valence electrons. The monoisotopic (exact) mass is 1640 g/mol. The molecule has 0 saturated heterocycles. The fourth-order valence-electron chi connectivity index (χ4n) is 14.7. The third-order valence-corrected chi connectivity index (χ3v) is 22.6. The van der Waals surface area contributed by atoms with Crippen molar-refractivity contribution in [3.8, 4) is 0 Å². The standard InChI is InChI=1S/C48H94N2O7.C40H80N2O6.C8H16O2/c1-7-13-17-21-28-35-47(52)55-42-39-50(38-37-49(11-5)12-6)40-43-56-48(53)57-45(32-26-18-14-8-2)33-27-22-19-20-23-29-34-46(51)54-41-36-44(30-24-15-9-3)31-25-16-10-4;1-6-11-14-21-26-38(48-40(45)47-36-33-42(32-34-43)31-30-41(9-4)10-5)27-22-17-15-16-18-23-28-39(44)46-35-29-37(24-19-12-7-2)25-20-13-8-3;1-2-3-4-5-6-7-8(9)10/h44-45H,7-43H2,1-6H3;37-38,43H,6-36H2,1-5H3;2-7H2,1H3,(H,9,10). The van der Waals surface area contributed by atoms with E-state index in [9.17, 15) is 33.9 Å². The molecule has 2 N–H and O–H groups in total. The molecule has 0 aromatic rings. The largest absolute Gasteiger partial charge is 0.508 e. The number of likely N-dealkylation sites (N-methyl/N-ethyl adjacent to an activating group) is 2. The van der Waals surface area contributed by atoms with E-state index in [1.54, 1.807) is 0 Å². The Morgan fingerprint density at radius 2 is 0.478 bits per heavy atom. The van der Waals surface area contributed by atoms with Crippen LogP contribution in [0.15, 0.2) is 0 Å². The first-order valence-electron chi connectivity index (χ1n) is 48.9. The predicted octanol–water partition coefficient (Wildman–Crippen LogP) is 25.2. The first kappa shape index (κ1) is 115. The Bertz CT molecular complexity index is 2050. The molecule has 0 aromatic carbocycles. The Hall–Kier alpha value is -3.78. The number of ether oxygens (including phenoxy) is 7. The highest BCUT2D eigenvalue weighted by Gasteiger charge is 2.21. The van der Waals surface area contributed by atoms with Crippen LogP contribution in [0.1, 0.15) is 443 Å². The summed E-state index contributed by atoms with van der Waals surface area (Å²) < 4.78 is 39.5. The smallest absolute Gasteiger partial charge is 0.481 e. The lowest BCUT2D eigenvalue weighted by molar-refractivity contribution is -0.145. The second-order valence-electron chi connectivity index (χ2n) is 32.8. The summed E-state index contributed by atoms with van der Waals surface area (Å²) in [5.41, 5.74) is 0. The van der Waals surface area contributed by atoms with Gasteiger partial charge < -0.3 is 53.2 Å². The van der Waals surface area contributed by atoms with Crippen molar-refractivity contribution >= 4 is 36.2 Å². The molecule has 0 spiro atoms. The van der Waals surface area contributed by atoms with Gasteiger partial charge in [-0.05, 0) is 128 Å². The lowest BCUT2D eigenvalue weighted by Gasteiger charge is -2.26. The van der Waals surface area contributed by atoms with Crippen molar-refractivity contribution in [1.29, 1.82) is 0 Å². The minimum absolute atomic E-state index is 0.0356. The first-order valence-corrected chi connectivity index (χ1v) is 48.9. The van der Waals surface area contributed by atoms with E-state index in [0.717, 1.165) is 219 Å². The highest BCUT2D eigenvalue weighted by molar-refractivity contribution is 5.70. The summed E-state index contributed by atoms with van der Waals surface area (Å²) in [5.74, 6) is 0.521. The Morgan fingerprint density at radius 1 is 0.243 bits per heavy atom. The number of hydrogen-bond acceptors (Lipinski definition) is 18. The zero-order valence-corrected chi connectivity index (χ0v) is 77.6. The maximum Gasteiger partial charge on any atom is 0.508 e. The normalized spacial score (nSPS) is 12.0. The molecule has 115 heavy (non-hydrogen) atoms. The van der Waals surface area contributed by atoms with Gasteiger partial charge in [-0.25, -0.2) is 9.59 Å². The topological polar surface area (TPSA) is 220 Å². The number of aliphatic hydroxyl groups excluding tert-OH is 1. The fourth-order valence-corrected chi connectivity index (χ4v) is 14.7. The minimum Gasteiger partial charge on any atom is -0.481 e. The van der Waals surface area contributed by atoms with Crippen molar-refractivity contribution in [3.05, 3.63) is 0 Å². The van der Waals surface area contributed by atoms with Gasteiger partial charge in [0.15, 0.2) is 0 Å². The van der Waals surface area contributed by atoms with Gasteiger partial charge in [0.25, 0.3) is 0 Å². The molecule has 0 fully saturated rings. The van der Waals surface area contributed by atoms with Crippen molar-refractivity contribution < 1.29 is 72.1 Å². The zero-order valence-electron chi connectivity index (χ0n) is 77.6. The summed E-state index contributed by atoms with van der Waals surface area (Å²) in [7, 11) is 0. The molecule has 19 nitrogen and oxygen atoms in total. The van der Waals surface area contributed by atoms with Gasteiger partial charge in [0.05, 0.1) is 19.8 Å². The molecule has 0 bridgehead atoms. The number of esters is 3. The van der Waals surface area contributed by atoms with Crippen molar-refractivity contribution in [2.75, 3.05) is 118 Å². The molecular formula is C96H190N4O15. The number of carboxylic acid groups (broad SMARTS) is 1. The number of aliphatic carboxylic acids is 1. The summed E-state index contributed by atoms with van der Waals surface area (Å²) in [6.07, 6.45) is 59.3. The number of rotatable bonds is 85. The van der Waals surface area contributed by atoms with Crippen LogP contribution in [0.2, 0.25) is 0 Å². The number of hydrogen-bond donors (Lipinski definition) is 2. The summed E-state index contributed by atoms with van der Waals surface area (Å²) in [6, 6.07) is 0. The van der Waals surface area contributed by atoms with E-state index in [0.29, 0.717) is 83.5 Å². The van der Waals surface area contributed by atoms with Gasteiger partial charge in [0.2, 0.25) is 0 Å². The van der Waals surface area contributed by atoms with Crippen LogP contribution >= 0.6 is 0 Å². The van der Waals surface area contributed by atoms with Gasteiger partial charge in [0.1, 0.15) is 32.0 Å². The first-order chi connectivity index (χ1) is 56.0. The van der Waals surface area contributed by atoms with Crippen LogP contribution < -0.4 is 0 Å². The van der Waals surface area contributed by atoms with Crippen LogP contribution in [0.25, 0.3) is 0 Å². The van der Waals surface area contributed by atoms with Crippen molar-refractivity contribution in [2.45, 2.75) is 455 Å². The van der Waals surface area contributed by atoms with E-state index in [1.807, 2.05) is 0 Å². The number of carboxylic acids is 1. The Kier molecular flexibility index (Phi) is 92.8. The zero-order chi connectivity index (χ0) is 85.4. The highest BCUT2D eigenvalue weighted by Crippen LogP contribution is 2.25. The van der Waals surface area contributed by atoms with Crippen LogP contribution in [0, 0.1) is 11.8 Å². The maximum atomic E-state index is 12.8. The van der Waals surface area contributed by atoms with Gasteiger partial charge in [-0.1, -0.05) is 327 Å². The molecule has 0 saturated carbocycles. The lowest BCUT2D eigenvalue weighted by Crippen LogP contribution is -2.39. The highest BCUT2D eigenvalue weighted by atomic mass is 16.7. The van der Waals surface area contributed by atoms with Crippen molar-refractivity contribution in [3.63, 3.8) is 0 Å². The molecule has 0 rings (SSSR count). The van der Waals surface area contributed by atoms with Gasteiger partial charge in [0, 0.05) is 78.0 Å². The summed E-state index contributed by atoms with van der Waals surface area (Å²) in [4.78, 5) is 81.4. The van der Waals surface area contributed by atoms with E-state index in [-0.39, 0.29) is 49.9 Å². The predicted molar refractivity (Wildman–Crippen MR) is 479 cm³/mol. The van der Waals surface area contributed by atoms with E-state index in [2.05, 4.69) is 103 Å². The molecule has 0 radical (unpaired) electrons. The average Bonchev–Trinajstić information content (AvgIpc) is 0.950. The van der Waals surface area contributed by atoms with Crippen LogP contribution in [0.5, 0.6) is 0 Å². The van der Waals surface area contributed by atoms with Crippen LogP contribution in [-0.4, -0.2) is 196 Å². The number of carbonyl (C=O) groups excluding carboxylic acids is 5. The fraction of sp³-hybridized carbons (Fsp3) is 0.938. The molecule has 0 aliphatic heterocycles. The Labute approximate surface area is 709 Å². The van der Waals surface area contributed by atoms with E-state index >= 15 is 0 Å². The lowest BCUT2D eigenvalue weighted by atomic mass is 9.92. The van der Waals surface area contributed by atoms with Gasteiger partial charge in [-0.2, -0.15) is 0 Å². The van der Waals surface area contributed by atoms with E-state index < -0.39 is 18.3 Å². The van der Waals surface area contributed by atoms with Gasteiger partial charge >= 0.3 is 36.2 Å². The Morgan fingerprint density at radius 3 is 0.774 bits per heavy atom. The van der Waals surface area contributed by atoms with Crippen LogP contribution in [0.4, 0.5) is 9.59 Å². The average molecular weight is 1640 g/mol. The van der Waals surface area contributed by atoms with Gasteiger partial charge in [-0.3, -0.25) is 29.0 Å². The third-order valence-electron chi connectivity index (χ3n) is 22.6.